The van der Waals surface area contributed by atoms with Crippen LogP contribution < -0.4 is 0 Å². The maximum atomic E-state index is 12.7. The van der Waals surface area contributed by atoms with Gasteiger partial charge in [-0.1, -0.05) is 48.5 Å². The summed E-state index contributed by atoms with van der Waals surface area (Å²) in [5, 5.41) is 10.3. The van der Waals surface area contributed by atoms with Crippen LogP contribution in [0.3, 0.4) is 0 Å². The molecule has 0 aliphatic carbocycles. The van der Waals surface area contributed by atoms with E-state index in [1.165, 1.54) is 0 Å². The smallest absolute Gasteiger partial charge is 0.311 e. The topological polar surface area (TPSA) is 90.4 Å². The fourth-order valence-electron chi connectivity index (χ4n) is 2.89. The molecule has 3 aromatic rings. The van der Waals surface area contributed by atoms with E-state index in [9.17, 15) is 19.4 Å². The van der Waals surface area contributed by atoms with E-state index < -0.39 is 19.3 Å². The number of aliphatic carboxylic acids is 1. The van der Waals surface area contributed by atoms with Crippen molar-refractivity contribution in [2.24, 2.45) is 0 Å². The molecule has 0 spiro atoms. The SMILES string of the molecule is O=C(O)C(CP(=O)(O)Cc1c[nH]c2ccccc12)c1ccccc1. The number of hydrogen-bond donors (Lipinski definition) is 3. The van der Waals surface area contributed by atoms with Crippen molar-refractivity contribution in [3.63, 3.8) is 0 Å². The Bertz CT molecular complexity index is 904. The van der Waals surface area contributed by atoms with Crippen molar-refractivity contribution in [1.82, 2.24) is 4.98 Å². The zero-order chi connectivity index (χ0) is 17.2. The Morgan fingerprint density at radius 3 is 2.46 bits per heavy atom. The van der Waals surface area contributed by atoms with Crippen LogP contribution in [-0.4, -0.2) is 27.1 Å². The Morgan fingerprint density at radius 1 is 1.08 bits per heavy atom. The molecule has 2 unspecified atom stereocenters. The summed E-state index contributed by atoms with van der Waals surface area (Å²) in [6.07, 6.45) is 1.38. The van der Waals surface area contributed by atoms with E-state index in [0.29, 0.717) is 5.56 Å². The Kier molecular flexibility index (Phi) is 4.56. The van der Waals surface area contributed by atoms with Gasteiger partial charge in [0.1, 0.15) is 0 Å². The van der Waals surface area contributed by atoms with Gasteiger partial charge in [0.25, 0.3) is 0 Å². The number of H-pyrrole nitrogens is 1. The predicted octanol–water partition coefficient (Wildman–Crippen LogP) is 3.81. The number of carboxylic acids is 1. The molecule has 3 rings (SSSR count). The summed E-state index contributed by atoms with van der Waals surface area (Å²) >= 11 is 0. The Morgan fingerprint density at radius 2 is 1.75 bits per heavy atom. The molecule has 0 saturated carbocycles. The number of carbonyl (C=O) groups is 1. The van der Waals surface area contributed by atoms with Gasteiger partial charge in [-0.3, -0.25) is 9.36 Å². The van der Waals surface area contributed by atoms with E-state index in [4.69, 9.17) is 0 Å². The first-order valence-electron chi connectivity index (χ1n) is 7.60. The molecule has 124 valence electrons. The van der Waals surface area contributed by atoms with Crippen molar-refractivity contribution < 1.29 is 19.4 Å². The van der Waals surface area contributed by atoms with Crippen LogP contribution in [0.15, 0.2) is 60.8 Å². The van der Waals surface area contributed by atoms with Crippen LogP contribution in [0.25, 0.3) is 10.9 Å². The van der Waals surface area contributed by atoms with E-state index in [1.807, 2.05) is 24.3 Å². The van der Waals surface area contributed by atoms with Gasteiger partial charge in [0, 0.05) is 23.3 Å². The van der Waals surface area contributed by atoms with Crippen molar-refractivity contribution in [3.05, 3.63) is 71.9 Å². The van der Waals surface area contributed by atoms with Crippen LogP contribution in [0.1, 0.15) is 17.0 Å². The zero-order valence-electron chi connectivity index (χ0n) is 12.9. The third kappa shape index (κ3) is 3.58. The molecular formula is C18H18NO4P. The predicted molar refractivity (Wildman–Crippen MR) is 93.5 cm³/mol. The van der Waals surface area contributed by atoms with Gasteiger partial charge < -0.3 is 15.0 Å². The van der Waals surface area contributed by atoms with E-state index in [-0.39, 0.29) is 12.3 Å². The fraction of sp³-hybridized carbons (Fsp3) is 0.167. The molecule has 6 heteroatoms. The maximum Gasteiger partial charge on any atom is 0.311 e. The normalized spacial score (nSPS) is 15.0. The molecule has 3 N–H and O–H groups in total. The lowest BCUT2D eigenvalue weighted by Crippen LogP contribution is -2.16. The van der Waals surface area contributed by atoms with Gasteiger partial charge in [-0.25, -0.2) is 0 Å². The van der Waals surface area contributed by atoms with Gasteiger partial charge in [0.15, 0.2) is 0 Å². The van der Waals surface area contributed by atoms with E-state index in [0.717, 1.165) is 16.5 Å². The van der Waals surface area contributed by atoms with Gasteiger partial charge in [0.2, 0.25) is 7.37 Å². The first kappa shape index (κ1) is 16.5. The monoisotopic (exact) mass is 343 g/mol. The summed E-state index contributed by atoms with van der Waals surface area (Å²) in [5.74, 6) is -2.08. The Labute approximate surface area is 139 Å². The van der Waals surface area contributed by atoms with Crippen LogP contribution in [0, 0.1) is 0 Å². The van der Waals surface area contributed by atoms with Gasteiger partial charge >= 0.3 is 5.97 Å². The van der Waals surface area contributed by atoms with Crippen LogP contribution >= 0.6 is 7.37 Å². The highest BCUT2D eigenvalue weighted by Crippen LogP contribution is 2.49. The second kappa shape index (κ2) is 6.63. The number of fused-ring (bicyclic) bond motifs is 1. The lowest BCUT2D eigenvalue weighted by Gasteiger charge is -2.17. The standard InChI is InChI=1S/C18H18NO4P/c20-18(21)16(13-6-2-1-3-7-13)12-24(22,23)11-14-10-19-17-9-5-4-8-15(14)17/h1-10,16,19H,11-12H2,(H,20,21)(H,22,23). The van der Waals surface area contributed by atoms with Gasteiger partial charge in [-0.15, -0.1) is 0 Å². The fourth-order valence-corrected chi connectivity index (χ4v) is 4.75. The number of benzene rings is 2. The highest BCUT2D eigenvalue weighted by Gasteiger charge is 2.30. The minimum absolute atomic E-state index is 0.0480. The van der Waals surface area contributed by atoms with Crippen molar-refractivity contribution in [1.29, 1.82) is 0 Å². The molecule has 2 aromatic carbocycles. The number of carboxylic acid groups (broad SMARTS) is 1. The number of aromatic nitrogens is 1. The summed E-state index contributed by atoms with van der Waals surface area (Å²) < 4.78 is 12.7. The zero-order valence-corrected chi connectivity index (χ0v) is 13.8. The van der Waals surface area contributed by atoms with E-state index >= 15 is 0 Å². The molecule has 0 bridgehead atoms. The Hall–Kier alpha value is -2.36. The maximum absolute atomic E-state index is 12.7. The number of hydrogen-bond acceptors (Lipinski definition) is 2. The highest BCUT2D eigenvalue weighted by atomic mass is 31.2. The quantitative estimate of drug-likeness (QED) is 0.594. The largest absolute Gasteiger partial charge is 0.481 e. The van der Waals surface area contributed by atoms with Crippen molar-refractivity contribution in [2.75, 3.05) is 6.16 Å². The average Bonchev–Trinajstić information content (AvgIpc) is 2.96. The minimum atomic E-state index is -3.66. The first-order valence-corrected chi connectivity index (χ1v) is 9.63. The molecule has 0 amide bonds. The second-order valence-corrected chi connectivity index (χ2v) is 8.22. The molecule has 5 nitrogen and oxygen atoms in total. The van der Waals surface area contributed by atoms with Crippen LogP contribution in [0.2, 0.25) is 0 Å². The number of aromatic amines is 1. The molecular weight excluding hydrogens is 325 g/mol. The molecule has 1 aromatic heterocycles. The lowest BCUT2D eigenvalue weighted by molar-refractivity contribution is -0.138. The number of para-hydroxylation sites is 1. The molecule has 0 aliphatic rings. The molecule has 1 heterocycles. The summed E-state index contributed by atoms with van der Waals surface area (Å²) in [4.78, 5) is 25.0. The van der Waals surface area contributed by atoms with Crippen LogP contribution in [-0.2, 0) is 15.5 Å². The number of rotatable bonds is 6. The molecule has 0 radical (unpaired) electrons. The average molecular weight is 343 g/mol. The van der Waals surface area contributed by atoms with Gasteiger partial charge in [-0.05, 0) is 17.2 Å². The van der Waals surface area contributed by atoms with Gasteiger partial charge in [-0.2, -0.15) is 0 Å². The first-order chi connectivity index (χ1) is 11.5. The lowest BCUT2D eigenvalue weighted by atomic mass is 10.0. The summed E-state index contributed by atoms with van der Waals surface area (Å²) in [5.41, 5.74) is 2.16. The Balaban J connectivity index is 1.84. The molecule has 2 atom stereocenters. The van der Waals surface area contributed by atoms with Crippen molar-refractivity contribution in [2.45, 2.75) is 12.1 Å². The van der Waals surface area contributed by atoms with E-state index in [2.05, 4.69) is 4.98 Å². The van der Waals surface area contributed by atoms with Crippen LogP contribution in [0.5, 0.6) is 0 Å². The van der Waals surface area contributed by atoms with E-state index in [1.54, 1.807) is 36.5 Å². The number of nitrogens with one attached hydrogen (secondary N) is 1. The van der Waals surface area contributed by atoms with Crippen LogP contribution in [0.4, 0.5) is 0 Å². The third-order valence-corrected chi connectivity index (χ3v) is 5.83. The summed E-state index contributed by atoms with van der Waals surface area (Å²) in [7, 11) is -3.66. The molecule has 0 fully saturated rings. The molecule has 0 saturated heterocycles. The van der Waals surface area contributed by atoms with Gasteiger partial charge in [0.05, 0.1) is 12.1 Å². The second-order valence-electron chi connectivity index (χ2n) is 5.85. The summed E-state index contributed by atoms with van der Waals surface area (Å²) in [6, 6.07) is 16.1. The van der Waals surface area contributed by atoms with Crippen molar-refractivity contribution in [3.8, 4) is 0 Å². The minimum Gasteiger partial charge on any atom is -0.481 e. The van der Waals surface area contributed by atoms with Crippen molar-refractivity contribution >= 4 is 24.2 Å². The third-order valence-electron chi connectivity index (χ3n) is 4.06. The summed E-state index contributed by atoms with van der Waals surface area (Å²) in [6.45, 7) is 0. The highest BCUT2D eigenvalue weighted by molar-refractivity contribution is 7.57. The molecule has 24 heavy (non-hydrogen) atoms. The molecule has 0 aliphatic heterocycles.